The summed E-state index contributed by atoms with van der Waals surface area (Å²) < 4.78 is 14.9. The molecule has 0 aromatic carbocycles. The number of hydrogen-bond donors (Lipinski definition) is 0. The van der Waals surface area contributed by atoms with Gasteiger partial charge < -0.3 is 18.5 Å². The lowest BCUT2D eigenvalue weighted by Gasteiger charge is -2.05. The van der Waals surface area contributed by atoms with Crippen LogP contribution in [0, 0.1) is 0 Å². The Kier molecular flexibility index (Phi) is 8.56. The molecule has 0 atom stereocenters. The fraction of sp³-hybridized carbons (Fsp3) is 0.333. The number of carbonyl (C=O) groups is 2. The summed E-state index contributed by atoms with van der Waals surface area (Å²) in [5.41, 5.74) is 0.0639. The van der Waals surface area contributed by atoms with E-state index in [0.29, 0.717) is 12.1 Å². The summed E-state index contributed by atoms with van der Waals surface area (Å²) in [5.74, 6) is -0.936. The molecule has 140 valence electrons. The Morgan fingerprint density at radius 2 is 1.62 bits per heavy atom. The third-order valence-corrected chi connectivity index (χ3v) is 3.28. The number of methoxy groups -OCH3 is 2. The predicted octanol–water partition coefficient (Wildman–Crippen LogP) is 1.86. The molecule has 0 radical (unpaired) electrons. The molecule has 2 aromatic rings. The van der Waals surface area contributed by atoms with Gasteiger partial charge in [-0.05, 0) is 18.6 Å². The number of aryl methyl sites for hydroxylation is 1. The number of esters is 2. The molecule has 0 aliphatic rings. The van der Waals surface area contributed by atoms with Crippen molar-refractivity contribution in [3.05, 3.63) is 68.6 Å². The van der Waals surface area contributed by atoms with Crippen LogP contribution < -0.4 is 11.2 Å². The molecule has 0 saturated carbocycles. The summed E-state index contributed by atoms with van der Waals surface area (Å²) >= 11 is 0. The van der Waals surface area contributed by atoms with Crippen molar-refractivity contribution in [3.8, 4) is 0 Å². The quantitative estimate of drug-likeness (QED) is 0.747. The number of unbranched alkanes of at least 4 members (excludes halogenated alkanes) is 1. The lowest BCUT2D eigenvalue weighted by molar-refractivity contribution is 0.0589. The second-order valence-corrected chi connectivity index (χ2v) is 5.13. The second kappa shape index (κ2) is 10.7. The maximum Gasteiger partial charge on any atom is 0.341 e. The largest absolute Gasteiger partial charge is 0.465 e. The molecule has 8 heteroatoms. The highest BCUT2D eigenvalue weighted by Crippen LogP contribution is 2.00. The van der Waals surface area contributed by atoms with Crippen LogP contribution in [0.15, 0.2) is 50.7 Å². The monoisotopic (exact) mass is 363 g/mol. The summed E-state index contributed by atoms with van der Waals surface area (Å²) in [6.07, 6.45) is 4.54. The molecule has 0 spiro atoms. The first-order valence-corrected chi connectivity index (χ1v) is 7.88. The maximum atomic E-state index is 11.4. The number of ether oxygens (including phenoxy) is 2. The van der Waals surface area contributed by atoms with Crippen LogP contribution >= 0.6 is 0 Å². The predicted molar refractivity (Wildman–Crippen MR) is 93.3 cm³/mol. The molecule has 8 nitrogen and oxygen atoms in total. The first-order valence-electron chi connectivity index (χ1n) is 7.88. The average molecular weight is 363 g/mol. The van der Waals surface area contributed by atoms with Gasteiger partial charge in [0.25, 0.3) is 5.56 Å². The zero-order valence-corrected chi connectivity index (χ0v) is 14.9. The van der Waals surface area contributed by atoms with Gasteiger partial charge in [-0.25, -0.2) is 14.4 Å². The molecule has 0 aliphatic heterocycles. The van der Waals surface area contributed by atoms with Crippen molar-refractivity contribution in [3.63, 3.8) is 0 Å². The van der Waals surface area contributed by atoms with Gasteiger partial charge in [-0.15, -0.1) is 0 Å². The lowest BCUT2D eigenvalue weighted by Crippen LogP contribution is -2.20. The van der Waals surface area contributed by atoms with Gasteiger partial charge in [-0.1, -0.05) is 13.3 Å². The SMILES string of the molecule is CCCCn1cc(C(=O)OC)ccc1=O.COC(=O)c1ccc(=O)oc1. The lowest BCUT2D eigenvalue weighted by atomic mass is 10.2. The van der Waals surface area contributed by atoms with E-state index in [2.05, 4.69) is 20.8 Å². The van der Waals surface area contributed by atoms with Gasteiger partial charge >= 0.3 is 17.6 Å². The van der Waals surface area contributed by atoms with E-state index in [1.165, 1.54) is 37.0 Å². The molecular formula is C18H21NO7. The zero-order valence-electron chi connectivity index (χ0n) is 14.9. The second-order valence-electron chi connectivity index (χ2n) is 5.13. The van der Waals surface area contributed by atoms with Crippen LogP contribution in [0.25, 0.3) is 0 Å². The number of carbonyl (C=O) groups excluding carboxylic acids is 2. The number of aromatic nitrogens is 1. The van der Waals surface area contributed by atoms with E-state index in [9.17, 15) is 19.2 Å². The smallest absolute Gasteiger partial charge is 0.341 e. The van der Waals surface area contributed by atoms with E-state index in [1.54, 1.807) is 6.20 Å². The standard InChI is InChI=1S/C11H15NO3.C7H6O4/c1-3-4-7-12-8-9(11(14)15-2)5-6-10(12)13;1-10-7(9)5-2-3-6(8)11-4-5/h5-6,8H,3-4,7H2,1-2H3;2-4H,1H3. The van der Waals surface area contributed by atoms with Crippen molar-refractivity contribution in [2.45, 2.75) is 26.3 Å². The topological polar surface area (TPSA) is 105 Å². The van der Waals surface area contributed by atoms with Crippen molar-refractivity contribution in [2.24, 2.45) is 0 Å². The van der Waals surface area contributed by atoms with Crippen molar-refractivity contribution < 1.29 is 23.5 Å². The van der Waals surface area contributed by atoms with Crippen LogP contribution in [-0.2, 0) is 16.0 Å². The summed E-state index contributed by atoms with van der Waals surface area (Å²) in [6.45, 7) is 2.69. The minimum absolute atomic E-state index is 0.0869. The fourth-order valence-electron chi connectivity index (χ4n) is 1.87. The average Bonchev–Trinajstić information content (AvgIpc) is 2.67. The molecule has 0 aliphatic carbocycles. The Morgan fingerprint density at radius 3 is 2.15 bits per heavy atom. The van der Waals surface area contributed by atoms with Crippen molar-refractivity contribution in [2.75, 3.05) is 14.2 Å². The first kappa shape index (κ1) is 20.9. The highest BCUT2D eigenvalue weighted by atomic mass is 16.5. The van der Waals surface area contributed by atoms with E-state index in [1.807, 2.05) is 0 Å². The van der Waals surface area contributed by atoms with Gasteiger partial charge in [0.15, 0.2) is 0 Å². The van der Waals surface area contributed by atoms with Crippen molar-refractivity contribution in [1.29, 1.82) is 0 Å². The molecule has 0 unspecified atom stereocenters. The molecule has 2 heterocycles. The Labute approximate surface area is 150 Å². The van der Waals surface area contributed by atoms with E-state index in [4.69, 9.17) is 0 Å². The Hall–Kier alpha value is -3.16. The molecule has 2 rings (SSSR count). The van der Waals surface area contributed by atoms with Gasteiger partial charge in [-0.2, -0.15) is 0 Å². The van der Waals surface area contributed by atoms with Crippen LogP contribution in [0.5, 0.6) is 0 Å². The maximum absolute atomic E-state index is 11.4. The Bertz CT molecular complexity index is 831. The fourth-order valence-corrected chi connectivity index (χ4v) is 1.87. The molecular weight excluding hydrogens is 342 g/mol. The molecule has 0 saturated heterocycles. The highest BCUT2D eigenvalue weighted by Gasteiger charge is 2.06. The number of pyridine rings is 1. The summed E-state index contributed by atoms with van der Waals surface area (Å²) in [5, 5.41) is 0. The van der Waals surface area contributed by atoms with Crippen LogP contribution in [0.2, 0.25) is 0 Å². The van der Waals surface area contributed by atoms with Gasteiger partial charge in [0.2, 0.25) is 0 Å². The minimum atomic E-state index is -0.520. The number of rotatable bonds is 5. The Balaban J connectivity index is 0.000000273. The summed E-state index contributed by atoms with van der Waals surface area (Å²) in [6, 6.07) is 5.38. The van der Waals surface area contributed by atoms with E-state index in [-0.39, 0.29) is 11.1 Å². The van der Waals surface area contributed by atoms with Crippen LogP contribution in [-0.4, -0.2) is 30.7 Å². The molecule has 2 aromatic heterocycles. The summed E-state index contributed by atoms with van der Waals surface area (Å²) in [4.78, 5) is 43.8. The molecule has 0 fully saturated rings. The van der Waals surface area contributed by atoms with Gasteiger partial charge in [0.1, 0.15) is 6.26 Å². The molecule has 0 amide bonds. The van der Waals surface area contributed by atoms with Crippen molar-refractivity contribution >= 4 is 11.9 Å². The summed E-state index contributed by atoms with van der Waals surface area (Å²) in [7, 11) is 2.58. The van der Waals surface area contributed by atoms with Gasteiger partial charge in [0.05, 0.1) is 25.3 Å². The van der Waals surface area contributed by atoms with Crippen LogP contribution in [0.4, 0.5) is 0 Å². The third kappa shape index (κ3) is 6.39. The Morgan fingerprint density at radius 1 is 1.00 bits per heavy atom. The van der Waals surface area contributed by atoms with E-state index in [0.717, 1.165) is 25.2 Å². The highest BCUT2D eigenvalue weighted by molar-refractivity contribution is 5.89. The molecule has 0 N–H and O–H groups in total. The number of hydrogen-bond acceptors (Lipinski definition) is 7. The first-order chi connectivity index (χ1) is 12.4. The van der Waals surface area contributed by atoms with Gasteiger partial charge in [0, 0.05) is 24.9 Å². The van der Waals surface area contributed by atoms with E-state index >= 15 is 0 Å². The van der Waals surface area contributed by atoms with Crippen LogP contribution in [0.1, 0.15) is 40.5 Å². The number of nitrogens with zero attached hydrogens (tertiary/aromatic N) is 1. The molecule has 0 bridgehead atoms. The van der Waals surface area contributed by atoms with Crippen molar-refractivity contribution in [1.82, 2.24) is 4.57 Å². The van der Waals surface area contributed by atoms with Gasteiger partial charge in [-0.3, -0.25) is 4.79 Å². The normalized spacial score (nSPS) is 9.65. The third-order valence-electron chi connectivity index (χ3n) is 3.28. The minimum Gasteiger partial charge on any atom is -0.465 e. The van der Waals surface area contributed by atoms with Crippen LogP contribution in [0.3, 0.4) is 0 Å². The van der Waals surface area contributed by atoms with E-state index < -0.39 is 17.6 Å². The zero-order chi connectivity index (χ0) is 19.5. The molecule has 26 heavy (non-hydrogen) atoms.